The molecule has 1 heterocycles. The molecule has 1 aliphatic carbocycles. The second-order valence-corrected chi connectivity index (χ2v) is 7.20. The molecule has 2 rings (SSSR count). The molecule has 0 aromatic carbocycles. The molecule has 28 heavy (non-hydrogen) atoms. The summed E-state index contributed by atoms with van der Waals surface area (Å²) in [6.45, 7) is 1.19. The predicted octanol–water partition coefficient (Wildman–Crippen LogP) is 1.25. The number of carbonyl (C=O) groups is 5. The molecular weight excluding hydrogens is 372 g/mol. The first-order chi connectivity index (χ1) is 13.1. The zero-order valence-electron chi connectivity index (χ0n) is 15.9. The molecular formula is C18H24N2O8. The van der Waals surface area contributed by atoms with Crippen molar-refractivity contribution in [2.24, 2.45) is 5.41 Å². The highest BCUT2D eigenvalue weighted by atomic mass is 16.7. The molecule has 1 N–H and O–H groups in total. The van der Waals surface area contributed by atoms with Crippen LogP contribution in [0.15, 0.2) is 12.2 Å². The number of imide groups is 1. The molecule has 1 saturated heterocycles. The van der Waals surface area contributed by atoms with Crippen molar-refractivity contribution in [1.29, 1.82) is 0 Å². The van der Waals surface area contributed by atoms with Crippen molar-refractivity contribution >= 4 is 29.8 Å². The molecule has 3 amide bonds. The van der Waals surface area contributed by atoms with E-state index < -0.39 is 47.9 Å². The van der Waals surface area contributed by atoms with Crippen LogP contribution in [0.5, 0.6) is 0 Å². The van der Waals surface area contributed by atoms with Gasteiger partial charge in [-0.15, -0.1) is 5.06 Å². The Morgan fingerprint density at radius 2 is 1.89 bits per heavy atom. The van der Waals surface area contributed by atoms with Gasteiger partial charge >= 0.3 is 18.0 Å². The normalized spacial score (nSPS) is 26.2. The molecule has 154 valence electrons. The largest absolute Gasteiger partial charge is 0.480 e. The van der Waals surface area contributed by atoms with E-state index in [1.807, 2.05) is 0 Å². The van der Waals surface area contributed by atoms with E-state index in [0.717, 1.165) is 4.90 Å². The quantitative estimate of drug-likeness (QED) is 0.543. The summed E-state index contributed by atoms with van der Waals surface area (Å²) < 4.78 is 5.30. The molecule has 2 aliphatic rings. The van der Waals surface area contributed by atoms with Gasteiger partial charge in [-0.3, -0.25) is 14.4 Å². The molecule has 0 spiro atoms. The topological polar surface area (TPSA) is 131 Å². The van der Waals surface area contributed by atoms with E-state index in [-0.39, 0.29) is 12.8 Å². The van der Waals surface area contributed by atoms with E-state index in [1.165, 1.54) is 7.05 Å². The highest BCUT2D eigenvalue weighted by Gasteiger charge is 2.41. The van der Waals surface area contributed by atoms with Gasteiger partial charge in [-0.2, -0.15) is 0 Å². The molecule has 10 heteroatoms. The van der Waals surface area contributed by atoms with Crippen LogP contribution in [0.3, 0.4) is 0 Å². The van der Waals surface area contributed by atoms with Gasteiger partial charge in [0.05, 0.1) is 5.41 Å². The van der Waals surface area contributed by atoms with Crippen LogP contribution < -0.4 is 0 Å². The molecule has 1 fully saturated rings. The number of hydroxylamine groups is 2. The third kappa shape index (κ3) is 5.30. The van der Waals surface area contributed by atoms with Crippen LogP contribution in [0.4, 0.5) is 4.79 Å². The number of likely N-dealkylation sites (N-methyl/N-ethyl adjacent to an activating group) is 1. The summed E-state index contributed by atoms with van der Waals surface area (Å²) in [5.74, 6) is -2.92. The summed E-state index contributed by atoms with van der Waals surface area (Å²) in [5, 5.41) is 9.27. The molecule has 0 bridgehead atoms. The standard InChI is InChI=1S/C18H24N2O8/c1-18(16(25)28-20-13(21)6-7-14(20)22)9-4-3-5-12(8-10-18)27-17(26)19(2)11-15(23)24/h3,5,12H,4,6-11H2,1-2H3,(H,23,24)/b5-3-/t12-,18+/m1/s1. The number of aliphatic carboxylic acids is 1. The Hall–Kier alpha value is -2.91. The molecule has 0 saturated carbocycles. The second kappa shape index (κ2) is 8.85. The maximum Gasteiger partial charge on any atom is 0.410 e. The maximum absolute atomic E-state index is 12.6. The van der Waals surface area contributed by atoms with Gasteiger partial charge in [0, 0.05) is 19.9 Å². The SMILES string of the molecule is CN(CC(=O)O)C(=O)O[C@@H]1/C=C\CC[C@](C)(C(=O)ON2C(=O)CCC2=O)CC1. The summed E-state index contributed by atoms with van der Waals surface area (Å²) in [4.78, 5) is 64.6. The van der Waals surface area contributed by atoms with Gasteiger partial charge in [-0.05, 0) is 38.7 Å². The van der Waals surface area contributed by atoms with Crippen molar-refractivity contribution in [3.63, 3.8) is 0 Å². The van der Waals surface area contributed by atoms with Crippen LogP contribution in [-0.2, 0) is 28.8 Å². The van der Waals surface area contributed by atoms with Gasteiger partial charge in [0.15, 0.2) is 0 Å². The minimum atomic E-state index is -1.16. The molecule has 2 atom stereocenters. The third-order valence-corrected chi connectivity index (χ3v) is 4.80. The number of carboxylic acid groups (broad SMARTS) is 1. The molecule has 0 radical (unpaired) electrons. The first-order valence-corrected chi connectivity index (χ1v) is 9.01. The summed E-state index contributed by atoms with van der Waals surface area (Å²) in [6.07, 6.45) is 3.65. The fraction of sp³-hybridized carbons (Fsp3) is 0.611. The zero-order valence-corrected chi connectivity index (χ0v) is 15.9. The minimum absolute atomic E-state index is 0.0213. The van der Waals surface area contributed by atoms with Crippen LogP contribution in [0.2, 0.25) is 0 Å². The first kappa shape index (κ1) is 21.4. The average molecular weight is 396 g/mol. The van der Waals surface area contributed by atoms with Crippen molar-refractivity contribution in [2.45, 2.75) is 51.6 Å². The van der Waals surface area contributed by atoms with E-state index in [1.54, 1.807) is 19.1 Å². The highest BCUT2D eigenvalue weighted by Crippen LogP contribution is 2.34. The van der Waals surface area contributed by atoms with Gasteiger partial charge in [0.25, 0.3) is 11.8 Å². The van der Waals surface area contributed by atoms with Gasteiger partial charge in [-0.25, -0.2) is 9.59 Å². The fourth-order valence-electron chi connectivity index (χ4n) is 2.97. The fourth-order valence-corrected chi connectivity index (χ4v) is 2.97. The van der Waals surface area contributed by atoms with Crippen LogP contribution in [0.25, 0.3) is 0 Å². The number of carboxylic acids is 1. The van der Waals surface area contributed by atoms with Crippen LogP contribution in [-0.4, -0.2) is 64.6 Å². The van der Waals surface area contributed by atoms with Crippen molar-refractivity contribution in [2.75, 3.05) is 13.6 Å². The Labute approximate surface area is 162 Å². The second-order valence-electron chi connectivity index (χ2n) is 7.20. The van der Waals surface area contributed by atoms with E-state index in [9.17, 15) is 24.0 Å². The number of hydrogen-bond donors (Lipinski definition) is 1. The zero-order chi connectivity index (χ0) is 20.9. The van der Waals surface area contributed by atoms with Crippen LogP contribution in [0.1, 0.15) is 45.4 Å². The number of nitrogens with zero attached hydrogens (tertiary/aromatic N) is 2. The molecule has 0 aromatic heterocycles. The molecule has 1 aliphatic heterocycles. The van der Waals surface area contributed by atoms with Crippen molar-refractivity contribution < 1.29 is 38.7 Å². The maximum atomic E-state index is 12.6. The first-order valence-electron chi connectivity index (χ1n) is 9.01. The van der Waals surface area contributed by atoms with Crippen molar-refractivity contribution in [3.8, 4) is 0 Å². The number of rotatable bonds is 5. The number of amides is 3. The number of hydrogen-bond acceptors (Lipinski definition) is 7. The summed E-state index contributed by atoms with van der Waals surface area (Å²) in [6, 6.07) is 0. The van der Waals surface area contributed by atoms with Crippen LogP contribution >= 0.6 is 0 Å². The Kier molecular flexibility index (Phi) is 6.76. The Bertz CT molecular complexity index is 688. The Balaban J connectivity index is 1.98. The smallest absolute Gasteiger partial charge is 0.410 e. The number of carbonyl (C=O) groups excluding carboxylic acids is 4. The van der Waals surface area contributed by atoms with Gasteiger partial charge in [-0.1, -0.05) is 6.08 Å². The Morgan fingerprint density at radius 3 is 2.50 bits per heavy atom. The number of allylic oxidation sites excluding steroid dienone is 1. The lowest BCUT2D eigenvalue weighted by atomic mass is 9.79. The summed E-state index contributed by atoms with van der Waals surface area (Å²) in [7, 11) is 1.31. The monoisotopic (exact) mass is 396 g/mol. The molecule has 0 unspecified atom stereocenters. The average Bonchev–Trinajstić information content (AvgIpc) is 2.92. The lowest BCUT2D eigenvalue weighted by molar-refractivity contribution is -0.205. The lowest BCUT2D eigenvalue weighted by Crippen LogP contribution is -2.40. The van der Waals surface area contributed by atoms with Gasteiger partial charge in [0.1, 0.15) is 12.6 Å². The highest BCUT2D eigenvalue weighted by molar-refractivity contribution is 6.01. The van der Waals surface area contributed by atoms with Crippen LogP contribution in [0, 0.1) is 5.41 Å². The van der Waals surface area contributed by atoms with E-state index in [0.29, 0.717) is 30.7 Å². The van der Waals surface area contributed by atoms with E-state index >= 15 is 0 Å². The van der Waals surface area contributed by atoms with Gasteiger partial charge in [0.2, 0.25) is 0 Å². The Morgan fingerprint density at radius 1 is 1.25 bits per heavy atom. The lowest BCUT2D eigenvalue weighted by Gasteiger charge is -2.31. The van der Waals surface area contributed by atoms with E-state index in [2.05, 4.69) is 0 Å². The minimum Gasteiger partial charge on any atom is -0.480 e. The third-order valence-electron chi connectivity index (χ3n) is 4.80. The summed E-state index contributed by atoms with van der Waals surface area (Å²) >= 11 is 0. The molecule has 10 nitrogen and oxygen atoms in total. The van der Waals surface area contributed by atoms with Crippen molar-refractivity contribution in [1.82, 2.24) is 9.96 Å². The number of ether oxygens (including phenoxy) is 1. The molecule has 0 aromatic rings. The van der Waals surface area contributed by atoms with Gasteiger partial charge < -0.3 is 19.6 Å². The van der Waals surface area contributed by atoms with E-state index in [4.69, 9.17) is 14.7 Å². The van der Waals surface area contributed by atoms with Crippen molar-refractivity contribution in [3.05, 3.63) is 12.2 Å². The summed E-state index contributed by atoms with van der Waals surface area (Å²) in [5.41, 5.74) is -0.967. The predicted molar refractivity (Wildman–Crippen MR) is 93.4 cm³/mol.